The highest BCUT2D eigenvalue weighted by Gasteiger charge is 2.19. The largest absolute Gasteiger partial charge is 0.497 e. The maximum Gasteiger partial charge on any atom is 0.244 e. The molecule has 0 fully saturated rings. The highest BCUT2D eigenvalue weighted by Crippen LogP contribution is 2.41. The van der Waals surface area contributed by atoms with Crippen molar-refractivity contribution in [2.45, 2.75) is 41.0 Å². The van der Waals surface area contributed by atoms with Crippen LogP contribution in [-0.4, -0.2) is 26.2 Å². The summed E-state index contributed by atoms with van der Waals surface area (Å²) in [6.45, 7) is 11.4. The summed E-state index contributed by atoms with van der Waals surface area (Å²) in [5.41, 5.74) is 5.48. The highest BCUT2D eigenvalue weighted by molar-refractivity contribution is 6.01. The lowest BCUT2D eigenvalue weighted by Gasteiger charge is -2.15. The summed E-state index contributed by atoms with van der Waals surface area (Å²) in [6.07, 6.45) is 4.38. The van der Waals surface area contributed by atoms with Gasteiger partial charge in [0.25, 0.3) is 0 Å². The lowest BCUT2D eigenvalue weighted by molar-refractivity contribution is -0.116. The van der Waals surface area contributed by atoms with Gasteiger partial charge in [0.05, 0.1) is 20.0 Å². The predicted octanol–water partition coefficient (Wildman–Crippen LogP) is 6.38. The van der Waals surface area contributed by atoms with Crippen molar-refractivity contribution in [3.63, 3.8) is 0 Å². The van der Waals surface area contributed by atoms with E-state index < -0.39 is 0 Å². The van der Waals surface area contributed by atoms with E-state index in [9.17, 15) is 4.79 Å². The smallest absolute Gasteiger partial charge is 0.244 e. The third kappa shape index (κ3) is 5.16. The first kappa shape index (κ1) is 23.5. The first-order valence-corrected chi connectivity index (χ1v) is 11.1. The number of carbonyl (C=O) groups is 1. The minimum absolute atomic E-state index is 0.0917. The van der Waals surface area contributed by atoms with Gasteiger partial charge in [0.2, 0.25) is 5.91 Å². The summed E-state index contributed by atoms with van der Waals surface area (Å²) in [6, 6.07) is 9.95. The molecule has 0 aliphatic heterocycles. The fraction of sp³-hybridized carbons (Fsp3) is 0.370. The van der Waals surface area contributed by atoms with E-state index in [0.717, 1.165) is 56.7 Å². The number of benzene rings is 2. The quantitative estimate of drug-likeness (QED) is 0.396. The SMILES string of the molecule is CCOc1c(/C(C)=C/C(=O)NCCC(C)C)cc2c(-c3ccc(OC)cc3)coc2c1C. The van der Waals surface area contributed by atoms with Crippen LogP contribution in [0.1, 0.15) is 45.2 Å². The van der Waals surface area contributed by atoms with Gasteiger partial charge in [-0.05, 0) is 62.4 Å². The number of rotatable bonds is 9. The molecule has 0 atom stereocenters. The van der Waals surface area contributed by atoms with Crippen molar-refractivity contribution in [2.24, 2.45) is 5.92 Å². The van der Waals surface area contributed by atoms with Crippen molar-refractivity contribution >= 4 is 22.4 Å². The van der Waals surface area contributed by atoms with E-state index in [2.05, 4.69) is 25.2 Å². The standard InChI is InChI=1S/C27H33NO4/c1-7-31-26-19(5)27-23(24(16-32-27)20-8-10-21(30-6)11-9-20)15-22(26)18(4)14-25(29)28-13-12-17(2)3/h8-11,14-17H,7,12-13H2,1-6H3,(H,28,29)/b18-14+. The average Bonchev–Trinajstić information content (AvgIpc) is 3.19. The molecule has 1 heterocycles. The van der Waals surface area contributed by atoms with Gasteiger partial charge in [-0.3, -0.25) is 4.79 Å². The van der Waals surface area contributed by atoms with Gasteiger partial charge in [-0.2, -0.15) is 0 Å². The number of carbonyl (C=O) groups excluding carboxylic acids is 1. The normalized spacial score (nSPS) is 11.8. The first-order valence-electron chi connectivity index (χ1n) is 11.1. The summed E-state index contributed by atoms with van der Waals surface area (Å²) in [5, 5.41) is 3.96. The summed E-state index contributed by atoms with van der Waals surface area (Å²) >= 11 is 0. The number of fused-ring (bicyclic) bond motifs is 1. The zero-order chi connectivity index (χ0) is 23.3. The third-order valence-corrected chi connectivity index (χ3v) is 5.53. The van der Waals surface area contributed by atoms with Crippen LogP contribution in [-0.2, 0) is 4.79 Å². The number of methoxy groups -OCH3 is 1. The highest BCUT2D eigenvalue weighted by atomic mass is 16.5. The molecule has 0 aliphatic rings. The molecule has 0 saturated carbocycles. The molecule has 0 spiro atoms. The number of amides is 1. The zero-order valence-electron chi connectivity index (χ0n) is 19.9. The topological polar surface area (TPSA) is 60.7 Å². The van der Waals surface area contributed by atoms with Crippen molar-refractivity contribution in [1.29, 1.82) is 0 Å². The Labute approximate surface area is 190 Å². The molecule has 1 N–H and O–H groups in total. The van der Waals surface area contributed by atoms with Crippen molar-refractivity contribution in [3.8, 4) is 22.6 Å². The molecule has 0 saturated heterocycles. The molecule has 2 aromatic carbocycles. The van der Waals surface area contributed by atoms with Crippen LogP contribution in [0.4, 0.5) is 0 Å². The Balaban J connectivity index is 2.04. The van der Waals surface area contributed by atoms with Crippen LogP contribution in [0.5, 0.6) is 11.5 Å². The van der Waals surface area contributed by atoms with Gasteiger partial charge < -0.3 is 19.2 Å². The molecule has 3 aromatic rings. The van der Waals surface area contributed by atoms with Crippen LogP contribution in [0.25, 0.3) is 27.7 Å². The Hall–Kier alpha value is -3.21. The van der Waals surface area contributed by atoms with Gasteiger partial charge in [0.15, 0.2) is 0 Å². The van der Waals surface area contributed by atoms with Crippen LogP contribution in [0.15, 0.2) is 47.1 Å². The molecule has 0 unspecified atom stereocenters. The fourth-order valence-corrected chi connectivity index (χ4v) is 3.74. The lowest BCUT2D eigenvalue weighted by atomic mass is 9.96. The van der Waals surface area contributed by atoms with E-state index in [1.165, 1.54) is 0 Å². The van der Waals surface area contributed by atoms with Crippen LogP contribution < -0.4 is 14.8 Å². The Morgan fingerprint density at radius 3 is 2.56 bits per heavy atom. The Bertz CT molecular complexity index is 1110. The van der Waals surface area contributed by atoms with Crippen molar-refractivity contribution in [2.75, 3.05) is 20.3 Å². The molecule has 5 heteroatoms. The third-order valence-electron chi connectivity index (χ3n) is 5.53. The molecule has 170 valence electrons. The maximum absolute atomic E-state index is 12.5. The van der Waals surface area contributed by atoms with Crippen LogP contribution in [0.2, 0.25) is 0 Å². The summed E-state index contributed by atoms with van der Waals surface area (Å²) in [4.78, 5) is 12.5. The van der Waals surface area contributed by atoms with Gasteiger partial charge in [0.1, 0.15) is 17.1 Å². The Morgan fingerprint density at radius 1 is 1.22 bits per heavy atom. The minimum atomic E-state index is -0.0917. The monoisotopic (exact) mass is 435 g/mol. The number of hydrogen-bond acceptors (Lipinski definition) is 4. The molecule has 32 heavy (non-hydrogen) atoms. The van der Waals surface area contributed by atoms with E-state index in [4.69, 9.17) is 13.9 Å². The van der Waals surface area contributed by atoms with E-state index in [1.807, 2.05) is 45.0 Å². The van der Waals surface area contributed by atoms with E-state index in [0.29, 0.717) is 19.1 Å². The van der Waals surface area contributed by atoms with E-state index in [1.54, 1.807) is 19.4 Å². The predicted molar refractivity (Wildman–Crippen MR) is 130 cm³/mol. The maximum atomic E-state index is 12.5. The van der Waals surface area contributed by atoms with Crippen molar-refractivity contribution in [1.82, 2.24) is 5.32 Å². The molecular weight excluding hydrogens is 402 g/mol. The Morgan fingerprint density at radius 2 is 1.94 bits per heavy atom. The van der Waals surface area contributed by atoms with Gasteiger partial charge >= 0.3 is 0 Å². The molecule has 0 bridgehead atoms. The van der Waals surface area contributed by atoms with Gasteiger partial charge in [-0.1, -0.05) is 26.0 Å². The molecule has 0 radical (unpaired) electrons. The summed E-state index contributed by atoms with van der Waals surface area (Å²) < 4.78 is 17.2. The molecule has 5 nitrogen and oxygen atoms in total. The zero-order valence-corrected chi connectivity index (χ0v) is 19.9. The summed E-state index contributed by atoms with van der Waals surface area (Å²) in [5.74, 6) is 2.01. The van der Waals surface area contributed by atoms with Crippen molar-refractivity contribution < 1.29 is 18.7 Å². The second kappa shape index (κ2) is 10.4. The lowest BCUT2D eigenvalue weighted by Crippen LogP contribution is -2.23. The van der Waals surface area contributed by atoms with E-state index in [-0.39, 0.29) is 5.91 Å². The number of aryl methyl sites for hydroxylation is 1. The molecule has 1 amide bonds. The number of nitrogens with one attached hydrogen (secondary N) is 1. The Kier molecular flexibility index (Phi) is 7.62. The fourth-order valence-electron chi connectivity index (χ4n) is 3.74. The van der Waals surface area contributed by atoms with Crippen LogP contribution in [0.3, 0.4) is 0 Å². The molecule has 0 aliphatic carbocycles. The number of ether oxygens (including phenoxy) is 2. The van der Waals surface area contributed by atoms with Crippen LogP contribution in [0, 0.1) is 12.8 Å². The molecular formula is C27H33NO4. The minimum Gasteiger partial charge on any atom is -0.497 e. The van der Waals surface area contributed by atoms with E-state index >= 15 is 0 Å². The number of hydrogen-bond donors (Lipinski definition) is 1. The molecule has 3 rings (SSSR count). The number of allylic oxidation sites excluding steroid dienone is 1. The van der Waals surface area contributed by atoms with Gasteiger partial charge in [-0.15, -0.1) is 0 Å². The van der Waals surface area contributed by atoms with Crippen LogP contribution >= 0.6 is 0 Å². The summed E-state index contributed by atoms with van der Waals surface area (Å²) in [7, 11) is 1.65. The molecule has 1 aromatic heterocycles. The van der Waals surface area contributed by atoms with Gasteiger partial charge in [-0.25, -0.2) is 0 Å². The second-order valence-corrected chi connectivity index (χ2v) is 8.37. The average molecular weight is 436 g/mol. The first-order chi connectivity index (χ1) is 15.3. The van der Waals surface area contributed by atoms with Crippen molar-refractivity contribution in [3.05, 3.63) is 53.8 Å². The second-order valence-electron chi connectivity index (χ2n) is 8.37. The number of furan rings is 1. The van der Waals surface area contributed by atoms with Gasteiger partial charge in [0, 0.05) is 34.7 Å².